The Hall–Kier alpha value is -1.51. The van der Waals surface area contributed by atoms with E-state index in [0.29, 0.717) is 17.4 Å². The van der Waals surface area contributed by atoms with E-state index < -0.39 is 26.5 Å². The average molecular weight is 898 g/mol. The van der Waals surface area contributed by atoms with Crippen molar-refractivity contribution in [3.05, 3.63) is 24.3 Å². The topological polar surface area (TPSA) is 111 Å². The van der Waals surface area contributed by atoms with Gasteiger partial charge in [0.05, 0.1) is 27.7 Å². The van der Waals surface area contributed by atoms with Gasteiger partial charge in [-0.1, -0.05) is 212 Å². The molecule has 0 rings (SSSR count). The van der Waals surface area contributed by atoms with Crippen LogP contribution in [0.25, 0.3) is 0 Å². The standard InChI is InChI=1S/C52H100NO8P/c1-6-8-10-12-14-16-18-20-22-24-26-28-30-32-34-36-38-40-42-44-51(54)58-48-50(49-60-62(56,57)59-47-46-53(3,4)5)61-52(55)45-43-41-39-37-35-33-31-29-27-25-23-21-19-17-15-13-11-9-7-2/h14,16,20,22,50H,6-13,15,17-19,21,23-49H2,1-5H3/b16-14+,22-20+/t50-/m1/s1. The summed E-state index contributed by atoms with van der Waals surface area (Å²) in [5, 5.41) is 0. The molecule has 0 radical (unpaired) electrons. The van der Waals surface area contributed by atoms with Crippen molar-refractivity contribution in [2.45, 2.75) is 251 Å². The zero-order valence-corrected chi connectivity index (χ0v) is 42.2. The van der Waals surface area contributed by atoms with Crippen molar-refractivity contribution >= 4 is 19.8 Å². The molecule has 0 aliphatic heterocycles. The van der Waals surface area contributed by atoms with Gasteiger partial charge in [-0.15, -0.1) is 0 Å². The highest BCUT2D eigenvalue weighted by Crippen LogP contribution is 2.38. The molecule has 2 atom stereocenters. The highest BCUT2D eigenvalue weighted by atomic mass is 31.2. The van der Waals surface area contributed by atoms with Crippen molar-refractivity contribution in [3.63, 3.8) is 0 Å². The second-order valence-electron chi connectivity index (χ2n) is 18.9. The molecule has 0 aliphatic rings. The third-order valence-corrected chi connectivity index (χ3v) is 12.4. The summed E-state index contributed by atoms with van der Waals surface area (Å²) < 4.78 is 34.1. The number of likely N-dealkylation sites (N-methyl/N-ethyl adjacent to an activating group) is 1. The molecule has 62 heavy (non-hydrogen) atoms. The number of ether oxygens (including phenoxy) is 2. The van der Waals surface area contributed by atoms with Crippen molar-refractivity contribution < 1.29 is 42.1 Å². The molecule has 0 fully saturated rings. The van der Waals surface area contributed by atoms with E-state index in [-0.39, 0.29) is 32.0 Å². The van der Waals surface area contributed by atoms with Gasteiger partial charge in [0.15, 0.2) is 6.10 Å². The molecule has 0 saturated carbocycles. The number of carbonyl (C=O) groups is 2. The van der Waals surface area contributed by atoms with E-state index >= 15 is 0 Å². The van der Waals surface area contributed by atoms with Crippen LogP contribution in [-0.2, 0) is 32.7 Å². The van der Waals surface area contributed by atoms with Gasteiger partial charge < -0.3 is 27.9 Å². The Labute approximate surface area is 383 Å². The highest BCUT2D eigenvalue weighted by molar-refractivity contribution is 7.45. The van der Waals surface area contributed by atoms with Crippen molar-refractivity contribution in [3.8, 4) is 0 Å². The summed E-state index contributed by atoms with van der Waals surface area (Å²) in [5.41, 5.74) is 0. The van der Waals surface area contributed by atoms with E-state index in [0.717, 1.165) is 38.5 Å². The van der Waals surface area contributed by atoms with Gasteiger partial charge in [0.2, 0.25) is 0 Å². The summed E-state index contributed by atoms with van der Waals surface area (Å²) in [5.74, 6) is -0.826. The lowest BCUT2D eigenvalue weighted by atomic mass is 10.0. The lowest BCUT2D eigenvalue weighted by molar-refractivity contribution is -0.870. The number of carbonyl (C=O) groups excluding carboxylic acids is 2. The molecule has 0 heterocycles. The van der Waals surface area contributed by atoms with Gasteiger partial charge in [-0.25, -0.2) is 0 Å². The number of quaternary nitrogens is 1. The fraction of sp³-hybridized carbons (Fsp3) is 0.885. The number of unbranched alkanes of at least 4 members (excludes halogenated alkanes) is 30. The van der Waals surface area contributed by atoms with E-state index in [2.05, 4.69) is 38.2 Å². The summed E-state index contributed by atoms with van der Waals surface area (Å²) in [7, 11) is 1.17. The minimum absolute atomic E-state index is 0.0291. The van der Waals surface area contributed by atoms with Crippen LogP contribution in [0.2, 0.25) is 0 Å². The maximum atomic E-state index is 12.7. The average Bonchev–Trinajstić information content (AvgIpc) is 3.23. The summed E-state index contributed by atoms with van der Waals surface area (Å²) >= 11 is 0. The van der Waals surface area contributed by atoms with Crippen LogP contribution in [-0.4, -0.2) is 70.0 Å². The lowest BCUT2D eigenvalue weighted by Gasteiger charge is -2.28. The SMILES string of the molecule is CCCCC/C=C/C/C=C/CCCCCCCCCCCC(=O)OC[C@H](COP(=O)([O-])OCC[N+](C)(C)C)OC(=O)CCCCCCCCCCCCCCCCCCCCC. The minimum atomic E-state index is -4.63. The molecule has 0 N–H and O–H groups in total. The summed E-state index contributed by atoms with van der Waals surface area (Å²) in [6.45, 7) is 4.24. The van der Waals surface area contributed by atoms with Crippen molar-refractivity contribution in [2.24, 2.45) is 0 Å². The van der Waals surface area contributed by atoms with Crippen molar-refractivity contribution in [2.75, 3.05) is 47.5 Å². The number of rotatable bonds is 48. The second kappa shape index (κ2) is 44.7. The highest BCUT2D eigenvalue weighted by Gasteiger charge is 2.21. The summed E-state index contributed by atoms with van der Waals surface area (Å²) in [6, 6.07) is 0. The molecular formula is C52H100NO8P. The first-order valence-electron chi connectivity index (χ1n) is 26.0. The molecule has 0 spiro atoms. The normalized spacial score (nSPS) is 13.6. The Morgan fingerprint density at radius 3 is 1.31 bits per heavy atom. The smallest absolute Gasteiger partial charge is 0.306 e. The fourth-order valence-electron chi connectivity index (χ4n) is 7.39. The Bertz CT molecular complexity index is 1110. The third kappa shape index (κ3) is 48.0. The molecule has 0 saturated heterocycles. The van der Waals surface area contributed by atoms with E-state index in [4.69, 9.17) is 18.5 Å². The van der Waals surface area contributed by atoms with Crippen molar-refractivity contribution in [1.29, 1.82) is 0 Å². The van der Waals surface area contributed by atoms with Crippen LogP contribution >= 0.6 is 7.82 Å². The summed E-state index contributed by atoms with van der Waals surface area (Å²) in [6.07, 6.45) is 50.6. The molecule has 0 aromatic heterocycles. The maximum Gasteiger partial charge on any atom is 0.306 e. The Morgan fingerprint density at radius 1 is 0.500 bits per heavy atom. The predicted octanol–water partition coefficient (Wildman–Crippen LogP) is 14.8. The van der Waals surface area contributed by atoms with Gasteiger partial charge in [0, 0.05) is 12.8 Å². The van der Waals surface area contributed by atoms with Crippen LogP contribution in [0.4, 0.5) is 0 Å². The van der Waals surface area contributed by atoms with E-state index in [1.54, 1.807) is 0 Å². The van der Waals surface area contributed by atoms with Gasteiger partial charge in [0.1, 0.15) is 19.8 Å². The molecule has 1 unspecified atom stereocenters. The summed E-state index contributed by atoms with van der Waals surface area (Å²) in [4.78, 5) is 37.7. The van der Waals surface area contributed by atoms with Crippen LogP contribution in [0.3, 0.4) is 0 Å². The molecule has 0 aromatic rings. The third-order valence-electron chi connectivity index (χ3n) is 11.5. The molecule has 10 heteroatoms. The van der Waals surface area contributed by atoms with Crippen LogP contribution in [0.15, 0.2) is 24.3 Å². The number of nitrogens with zero attached hydrogens (tertiary/aromatic N) is 1. The quantitative estimate of drug-likeness (QED) is 0.0195. The number of phosphoric ester groups is 1. The number of allylic oxidation sites excluding steroid dienone is 4. The zero-order valence-electron chi connectivity index (χ0n) is 41.3. The Morgan fingerprint density at radius 2 is 0.871 bits per heavy atom. The molecule has 0 aromatic carbocycles. The van der Waals surface area contributed by atoms with Crippen LogP contribution in [0.5, 0.6) is 0 Å². The van der Waals surface area contributed by atoms with E-state index in [1.165, 1.54) is 173 Å². The molecule has 9 nitrogen and oxygen atoms in total. The number of hydrogen-bond donors (Lipinski definition) is 0. The largest absolute Gasteiger partial charge is 0.756 e. The first-order valence-corrected chi connectivity index (χ1v) is 27.5. The van der Waals surface area contributed by atoms with Gasteiger partial charge in [0.25, 0.3) is 7.82 Å². The second-order valence-corrected chi connectivity index (χ2v) is 20.3. The predicted molar refractivity (Wildman–Crippen MR) is 259 cm³/mol. The van der Waals surface area contributed by atoms with E-state index in [1.807, 2.05) is 21.1 Å². The van der Waals surface area contributed by atoms with Gasteiger partial charge in [-0.05, 0) is 44.9 Å². The maximum absolute atomic E-state index is 12.7. The van der Waals surface area contributed by atoms with Gasteiger partial charge >= 0.3 is 11.9 Å². The monoisotopic (exact) mass is 898 g/mol. The van der Waals surface area contributed by atoms with E-state index in [9.17, 15) is 19.0 Å². The first kappa shape index (κ1) is 60.5. The fourth-order valence-corrected chi connectivity index (χ4v) is 8.12. The van der Waals surface area contributed by atoms with Crippen LogP contribution in [0.1, 0.15) is 245 Å². The van der Waals surface area contributed by atoms with Crippen LogP contribution in [0, 0.1) is 0 Å². The van der Waals surface area contributed by atoms with Crippen LogP contribution < -0.4 is 4.89 Å². The number of esters is 2. The van der Waals surface area contributed by atoms with Crippen molar-refractivity contribution in [1.82, 2.24) is 0 Å². The molecule has 0 amide bonds. The molecular weight excluding hydrogens is 798 g/mol. The Kier molecular flexibility index (Phi) is 43.6. The molecule has 366 valence electrons. The van der Waals surface area contributed by atoms with Gasteiger partial charge in [-0.2, -0.15) is 0 Å². The lowest BCUT2D eigenvalue weighted by Crippen LogP contribution is -2.37. The first-order chi connectivity index (χ1) is 30.0. The molecule has 0 aliphatic carbocycles. The Balaban J connectivity index is 4.22. The molecule has 0 bridgehead atoms. The zero-order chi connectivity index (χ0) is 45.7. The minimum Gasteiger partial charge on any atom is -0.756 e. The number of hydrogen-bond acceptors (Lipinski definition) is 8. The van der Waals surface area contributed by atoms with Gasteiger partial charge in [-0.3, -0.25) is 14.2 Å². The number of phosphoric acid groups is 1.